The molecule has 33 heavy (non-hydrogen) atoms. The number of pyridine rings is 1. The molecule has 6 N–H and O–H groups in total. The van der Waals surface area contributed by atoms with Crippen LogP contribution in [0, 0.1) is 12.7 Å². The van der Waals surface area contributed by atoms with Gasteiger partial charge < -0.3 is 21.8 Å². The lowest BCUT2D eigenvalue weighted by molar-refractivity contribution is 0.0945. The van der Waals surface area contributed by atoms with Gasteiger partial charge in [0.1, 0.15) is 5.82 Å². The molecule has 0 aromatic carbocycles. The van der Waals surface area contributed by atoms with Crippen LogP contribution < -0.4 is 16.8 Å². The highest BCUT2D eigenvalue weighted by atomic mass is 19.1. The minimum Gasteiger partial charge on any atom is -0.402 e. The summed E-state index contributed by atoms with van der Waals surface area (Å²) in [6.07, 6.45) is 9.13. The van der Waals surface area contributed by atoms with E-state index in [1.807, 2.05) is 19.1 Å². The summed E-state index contributed by atoms with van der Waals surface area (Å²) >= 11 is 0. The van der Waals surface area contributed by atoms with Gasteiger partial charge in [-0.15, -0.1) is 5.10 Å². The number of unbranched alkanes of at least 4 members (excludes halogenated alkanes) is 1. The van der Waals surface area contributed by atoms with Gasteiger partial charge >= 0.3 is 0 Å². The maximum Gasteiger partial charge on any atom is 0.273 e. The molecule has 3 aromatic heterocycles. The molecule has 3 aromatic rings. The van der Waals surface area contributed by atoms with Gasteiger partial charge in [0.15, 0.2) is 11.5 Å². The van der Waals surface area contributed by atoms with Crippen LogP contribution in [0.25, 0.3) is 6.08 Å². The van der Waals surface area contributed by atoms with Crippen molar-refractivity contribution in [1.82, 2.24) is 30.3 Å². The summed E-state index contributed by atoms with van der Waals surface area (Å²) < 4.78 is 16.2. The van der Waals surface area contributed by atoms with Gasteiger partial charge in [-0.05, 0) is 56.7 Å². The van der Waals surface area contributed by atoms with Crippen LogP contribution in [0.2, 0.25) is 0 Å². The molecule has 174 valence electrons. The summed E-state index contributed by atoms with van der Waals surface area (Å²) in [5.74, 6) is 0.00468. The molecule has 0 saturated heterocycles. The van der Waals surface area contributed by atoms with E-state index in [1.165, 1.54) is 0 Å². The maximum absolute atomic E-state index is 14.5. The first-order chi connectivity index (χ1) is 15.9. The largest absolute Gasteiger partial charge is 0.402 e. The average Bonchev–Trinajstić information content (AvgIpc) is 3.47. The first-order valence-corrected chi connectivity index (χ1v) is 11.1. The maximum atomic E-state index is 14.5. The summed E-state index contributed by atoms with van der Waals surface area (Å²) in [4.78, 5) is 19.4. The third-order valence-electron chi connectivity index (χ3n) is 5.65. The molecule has 1 amide bonds. The van der Waals surface area contributed by atoms with Crippen LogP contribution in [0.3, 0.4) is 0 Å². The monoisotopic (exact) mass is 452 g/mol. The highest BCUT2D eigenvalue weighted by molar-refractivity contribution is 5.91. The van der Waals surface area contributed by atoms with E-state index >= 15 is 0 Å². The Balaban J connectivity index is 1.21. The SMILES string of the molecule is Cc1ccc(CNC(=O)c2cn(CCCC/C(N)=C/c3c(N)[nH]c(C4CC4)c3F)nn2)cn1. The second-order valence-corrected chi connectivity index (χ2v) is 8.49. The van der Waals surface area contributed by atoms with Crippen LogP contribution in [0.1, 0.15) is 71.0 Å². The van der Waals surface area contributed by atoms with E-state index in [-0.39, 0.29) is 23.3 Å². The zero-order valence-corrected chi connectivity index (χ0v) is 18.6. The predicted molar refractivity (Wildman–Crippen MR) is 123 cm³/mol. The smallest absolute Gasteiger partial charge is 0.273 e. The molecule has 0 unspecified atom stereocenters. The van der Waals surface area contributed by atoms with Crippen LogP contribution >= 0.6 is 0 Å². The Morgan fingerprint density at radius 1 is 1.36 bits per heavy atom. The highest BCUT2D eigenvalue weighted by Crippen LogP contribution is 2.42. The number of nitrogens with zero attached hydrogens (tertiary/aromatic N) is 4. The first-order valence-electron chi connectivity index (χ1n) is 11.1. The van der Waals surface area contributed by atoms with Crippen molar-refractivity contribution in [3.63, 3.8) is 0 Å². The molecular weight excluding hydrogens is 423 g/mol. The van der Waals surface area contributed by atoms with Gasteiger partial charge in [-0.25, -0.2) is 4.39 Å². The first kappa shape index (κ1) is 22.5. The zero-order chi connectivity index (χ0) is 23.4. The van der Waals surface area contributed by atoms with Gasteiger partial charge in [0.25, 0.3) is 5.91 Å². The van der Waals surface area contributed by atoms with E-state index < -0.39 is 0 Å². The Labute approximate surface area is 191 Å². The molecule has 1 aliphatic rings. The Hall–Kier alpha value is -3.69. The number of anilines is 1. The van der Waals surface area contributed by atoms with Crippen molar-refractivity contribution < 1.29 is 9.18 Å². The lowest BCUT2D eigenvalue weighted by Gasteiger charge is -2.03. The topological polar surface area (TPSA) is 141 Å². The van der Waals surface area contributed by atoms with Crippen LogP contribution in [0.15, 0.2) is 30.2 Å². The van der Waals surface area contributed by atoms with E-state index in [4.69, 9.17) is 11.5 Å². The molecule has 0 atom stereocenters. The van der Waals surface area contributed by atoms with E-state index in [9.17, 15) is 9.18 Å². The number of allylic oxidation sites excluding steroid dienone is 1. The minimum atomic E-state index is -0.287. The molecule has 10 heteroatoms. The average molecular weight is 453 g/mol. The number of aromatic nitrogens is 5. The lowest BCUT2D eigenvalue weighted by Crippen LogP contribution is -2.23. The molecule has 4 rings (SSSR count). The van der Waals surface area contributed by atoms with Crippen LogP contribution in [-0.2, 0) is 13.1 Å². The molecule has 1 fully saturated rings. The normalized spacial score (nSPS) is 13.9. The third kappa shape index (κ3) is 5.76. The molecular formula is C23H29FN8O. The lowest BCUT2D eigenvalue weighted by atomic mass is 10.1. The van der Waals surface area contributed by atoms with E-state index in [1.54, 1.807) is 23.2 Å². The number of hydrogen-bond donors (Lipinski definition) is 4. The molecule has 0 radical (unpaired) electrons. The fraction of sp³-hybridized carbons (Fsp3) is 0.391. The summed E-state index contributed by atoms with van der Waals surface area (Å²) in [7, 11) is 0. The van der Waals surface area contributed by atoms with Crippen molar-refractivity contribution in [2.24, 2.45) is 5.73 Å². The summed E-state index contributed by atoms with van der Waals surface area (Å²) in [5.41, 5.74) is 15.6. The molecule has 3 heterocycles. The summed E-state index contributed by atoms with van der Waals surface area (Å²) in [6.45, 7) is 2.88. The van der Waals surface area contributed by atoms with Gasteiger partial charge in [0.2, 0.25) is 0 Å². The van der Waals surface area contributed by atoms with E-state index in [2.05, 4.69) is 25.6 Å². The van der Waals surface area contributed by atoms with E-state index in [0.29, 0.717) is 42.3 Å². The Morgan fingerprint density at radius 3 is 2.91 bits per heavy atom. The van der Waals surface area contributed by atoms with Crippen LogP contribution in [0.4, 0.5) is 10.2 Å². The van der Waals surface area contributed by atoms with Crippen molar-refractivity contribution in [2.45, 2.75) is 58.0 Å². The number of nitrogen functional groups attached to an aromatic ring is 1. The Kier molecular flexibility index (Phi) is 6.71. The molecule has 1 aliphatic carbocycles. The molecule has 0 aliphatic heterocycles. The number of H-pyrrole nitrogens is 1. The fourth-order valence-corrected chi connectivity index (χ4v) is 3.57. The van der Waals surface area contributed by atoms with Gasteiger partial charge in [-0.2, -0.15) is 0 Å². The van der Waals surface area contributed by atoms with Crippen molar-refractivity contribution in [1.29, 1.82) is 0 Å². The zero-order valence-electron chi connectivity index (χ0n) is 18.6. The van der Waals surface area contributed by atoms with Crippen molar-refractivity contribution in [2.75, 3.05) is 5.73 Å². The number of aryl methyl sites for hydroxylation is 2. The number of carbonyl (C=O) groups excluding carboxylic acids is 1. The molecule has 9 nitrogen and oxygen atoms in total. The highest BCUT2D eigenvalue weighted by Gasteiger charge is 2.30. The van der Waals surface area contributed by atoms with Gasteiger partial charge in [-0.1, -0.05) is 11.3 Å². The second kappa shape index (κ2) is 9.85. The number of rotatable bonds is 10. The molecule has 0 bridgehead atoms. The number of carbonyl (C=O) groups is 1. The number of nitrogens with two attached hydrogens (primary N) is 2. The number of nitrogens with one attached hydrogen (secondary N) is 2. The van der Waals surface area contributed by atoms with Gasteiger partial charge in [-0.3, -0.25) is 14.5 Å². The number of halogens is 1. The second-order valence-electron chi connectivity index (χ2n) is 8.49. The number of hydrogen-bond acceptors (Lipinski definition) is 6. The van der Waals surface area contributed by atoms with Crippen LogP contribution in [-0.4, -0.2) is 30.9 Å². The number of amides is 1. The molecule has 1 saturated carbocycles. The minimum absolute atomic E-state index is 0.255. The predicted octanol–water partition coefficient (Wildman–Crippen LogP) is 3.01. The van der Waals surface area contributed by atoms with Gasteiger partial charge in [0, 0.05) is 36.6 Å². The Bertz CT molecular complexity index is 1140. The molecule has 0 spiro atoms. The van der Waals surface area contributed by atoms with Crippen LogP contribution in [0.5, 0.6) is 0 Å². The van der Waals surface area contributed by atoms with Crippen molar-refractivity contribution in [3.05, 3.63) is 64.2 Å². The van der Waals surface area contributed by atoms with Crippen molar-refractivity contribution in [3.8, 4) is 0 Å². The number of aromatic amines is 1. The standard InChI is InChI=1S/C23H29FN8O/c1-14-5-6-15(11-27-14)12-28-23(33)19-13-32(31-30-19)9-3-2-4-17(25)10-18-20(24)21(16-7-8-16)29-22(18)26/h5-6,10-11,13,16,29H,2-4,7-9,12,25-26H2,1H3,(H,28,33)/b17-10-. The van der Waals surface area contributed by atoms with E-state index in [0.717, 1.165) is 36.9 Å². The quantitative estimate of drug-likeness (QED) is 0.349. The fourth-order valence-electron chi connectivity index (χ4n) is 3.57. The Morgan fingerprint density at radius 2 is 2.18 bits per heavy atom. The van der Waals surface area contributed by atoms with Crippen molar-refractivity contribution >= 4 is 17.8 Å². The third-order valence-corrected chi connectivity index (χ3v) is 5.65. The summed E-state index contributed by atoms with van der Waals surface area (Å²) in [5, 5.41) is 10.8. The van der Waals surface area contributed by atoms with Gasteiger partial charge in [0.05, 0.1) is 17.5 Å². The summed E-state index contributed by atoms with van der Waals surface area (Å²) in [6, 6.07) is 3.82.